The van der Waals surface area contributed by atoms with Crippen molar-refractivity contribution >= 4 is 11.5 Å². The van der Waals surface area contributed by atoms with Crippen LogP contribution in [0.15, 0.2) is 42.6 Å². The van der Waals surface area contributed by atoms with Crippen molar-refractivity contribution in [1.82, 2.24) is 4.98 Å². The number of hydrogen-bond donors (Lipinski definition) is 1. The fourth-order valence-electron chi connectivity index (χ4n) is 2.18. The predicted molar refractivity (Wildman–Crippen MR) is 81.1 cm³/mol. The molecule has 1 aromatic heterocycles. The summed E-state index contributed by atoms with van der Waals surface area (Å²) in [7, 11) is 0. The minimum absolute atomic E-state index is 0.602. The molecular formula is C16H18N4. The molecule has 0 saturated heterocycles. The van der Waals surface area contributed by atoms with Crippen molar-refractivity contribution < 1.29 is 0 Å². The molecule has 20 heavy (non-hydrogen) atoms. The maximum Gasteiger partial charge on any atom is 0.146 e. The molecule has 0 radical (unpaired) electrons. The molecule has 4 nitrogen and oxygen atoms in total. The monoisotopic (exact) mass is 266 g/mol. The van der Waals surface area contributed by atoms with Gasteiger partial charge in [0.15, 0.2) is 0 Å². The normalized spacial score (nSPS) is 10.0. The van der Waals surface area contributed by atoms with Gasteiger partial charge in [-0.25, -0.2) is 4.98 Å². The first kappa shape index (κ1) is 13.9. The molecule has 0 saturated carbocycles. The quantitative estimate of drug-likeness (QED) is 0.845. The molecule has 0 aliphatic carbocycles. The summed E-state index contributed by atoms with van der Waals surface area (Å²) in [5.41, 5.74) is 8.29. The summed E-state index contributed by atoms with van der Waals surface area (Å²) in [6, 6.07) is 13.6. The molecule has 2 N–H and O–H groups in total. The second-order valence-electron chi connectivity index (χ2n) is 4.65. The fourth-order valence-corrected chi connectivity index (χ4v) is 2.18. The highest BCUT2D eigenvalue weighted by molar-refractivity contribution is 5.54. The van der Waals surface area contributed by atoms with Crippen molar-refractivity contribution in [2.24, 2.45) is 0 Å². The lowest BCUT2D eigenvalue weighted by Crippen LogP contribution is -2.25. The Morgan fingerprint density at radius 2 is 2.15 bits per heavy atom. The first-order valence-corrected chi connectivity index (χ1v) is 6.69. The second-order valence-corrected chi connectivity index (χ2v) is 4.65. The van der Waals surface area contributed by atoms with Crippen LogP contribution in [0.4, 0.5) is 11.5 Å². The number of aromatic nitrogens is 1. The van der Waals surface area contributed by atoms with Gasteiger partial charge >= 0.3 is 0 Å². The van der Waals surface area contributed by atoms with Crippen LogP contribution in [0.2, 0.25) is 0 Å². The predicted octanol–water partition coefficient (Wildman–Crippen LogP) is 2.95. The number of benzene rings is 1. The van der Waals surface area contributed by atoms with Crippen molar-refractivity contribution in [3.8, 4) is 6.07 Å². The Labute approximate surface area is 119 Å². The highest BCUT2D eigenvalue weighted by atomic mass is 15.2. The summed E-state index contributed by atoms with van der Waals surface area (Å²) in [5.74, 6) is 0.735. The molecule has 0 fully saturated rings. The number of nitrogen functional groups attached to an aromatic ring is 1. The van der Waals surface area contributed by atoms with Gasteiger partial charge in [0.25, 0.3) is 0 Å². The molecule has 0 atom stereocenters. The van der Waals surface area contributed by atoms with Crippen molar-refractivity contribution in [1.29, 1.82) is 5.26 Å². The molecule has 0 amide bonds. The van der Waals surface area contributed by atoms with E-state index in [9.17, 15) is 5.26 Å². The van der Waals surface area contributed by atoms with Crippen LogP contribution in [0.25, 0.3) is 0 Å². The molecule has 4 heteroatoms. The zero-order valence-corrected chi connectivity index (χ0v) is 11.6. The zero-order valence-electron chi connectivity index (χ0n) is 11.6. The van der Waals surface area contributed by atoms with Crippen LogP contribution in [-0.4, -0.2) is 11.5 Å². The maximum atomic E-state index is 9.21. The summed E-state index contributed by atoms with van der Waals surface area (Å²) < 4.78 is 0. The van der Waals surface area contributed by atoms with Gasteiger partial charge in [0, 0.05) is 25.0 Å². The van der Waals surface area contributed by atoms with Gasteiger partial charge in [-0.3, -0.25) is 0 Å². The van der Waals surface area contributed by atoms with E-state index in [0.717, 1.165) is 30.0 Å². The molecular weight excluding hydrogens is 248 g/mol. The number of nitrogens with zero attached hydrogens (tertiary/aromatic N) is 3. The van der Waals surface area contributed by atoms with E-state index in [-0.39, 0.29) is 0 Å². The summed E-state index contributed by atoms with van der Waals surface area (Å²) in [6.45, 7) is 3.66. The smallest absolute Gasteiger partial charge is 0.146 e. The SMILES string of the molecule is CCCN(Cc1cccc(N)c1)c1ncccc1C#N. The molecule has 0 aliphatic heterocycles. The van der Waals surface area contributed by atoms with Gasteiger partial charge in [-0.15, -0.1) is 0 Å². The van der Waals surface area contributed by atoms with Gasteiger partial charge in [0.1, 0.15) is 11.9 Å². The van der Waals surface area contributed by atoms with Gasteiger partial charge in [-0.2, -0.15) is 5.26 Å². The Bertz CT molecular complexity index is 616. The van der Waals surface area contributed by atoms with Crippen molar-refractivity contribution in [2.45, 2.75) is 19.9 Å². The molecule has 0 unspecified atom stereocenters. The van der Waals surface area contributed by atoms with E-state index in [1.165, 1.54) is 0 Å². The van der Waals surface area contributed by atoms with E-state index in [0.29, 0.717) is 12.1 Å². The number of pyridine rings is 1. The Morgan fingerprint density at radius 1 is 1.30 bits per heavy atom. The molecule has 1 aromatic carbocycles. The van der Waals surface area contributed by atoms with Crippen LogP contribution < -0.4 is 10.6 Å². The topological polar surface area (TPSA) is 65.9 Å². The standard InChI is InChI=1S/C16H18N4/c1-2-9-20(12-13-5-3-7-15(18)10-13)16-14(11-17)6-4-8-19-16/h3-8,10H,2,9,12,18H2,1H3. The average molecular weight is 266 g/mol. The van der Waals surface area contributed by atoms with E-state index in [1.54, 1.807) is 18.3 Å². The Kier molecular flexibility index (Phi) is 4.56. The summed E-state index contributed by atoms with van der Waals surface area (Å²) >= 11 is 0. The third-order valence-electron chi connectivity index (χ3n) is 3.02. The average Bonchev–Trinajstić information content (AvgIpc) is 2.47. The molecule has 2 rings (SSSR count). The molecule has 0 aliphatic rings. The lowest BCUT2D eigenvalue weighted by atomic mass is 10.1. The summed E-state index contributed by atoms with van der Waals surface area (Å²) in [6.07, 6.45) is 2.71. The van der Waals surface area contributed by atoms with Gasteiger partial charge in [0.2, 0.25) is 0 Å². The molecule has 2 aromatic rings. The van der Waals surface area contributed by atoms with Crippen LogP contribution in [-0.2, 0) is 6.54 Å². The Morgan fingerprint density at radius 3 is 2.85 bits per heavy atom. The maximum absolute atomic E-state index is 9.21. The first-order valence-electron chi connectivity index (χ1n) is 6.69. The Balaban J connectivity index is 2.29. The van der Waals surface area contributed by atoms with Crippen molar-refractivity contribution in [3.05, 3.63) is 53.7 Å². The van der Waals surface area contributed by atoms with Crippen LogP contribution in [0.3, 0.4) is 0 Å². The van der Waals surface area contributed by atoms with Crippen LogP contribution in [0.5, 0.6) is 0 Å². The molecule has 0 bridgehead atoms. The minimum atomic E-state index is 0.602. The van der Waals surface area contributed by atoms with E-state index in [1.807, 2.05) is 24.3 Å². The van der Waals surface area contributed by atoms with Crippen molar-refractivity contribution in [2.75, 3.05) is 17.2 Å². The van der Waals surface area contributed by atoms with Crippen molar-refractivity contribution in [3.63, 3.8) is 0 Å². The fraction of sp³-hybridized carbons (Fsp3) is 0.250. The van der Waals surface area contributed by atoms with Crippen LogP contribution in [0, 0.1) is 11.3 Å². The minimum Gasteiger partial charge on any atom is -0.399 e. The number of hydrogen-bond acceptors (Lipinski definition) is 4. The van der Waals surface area contributed by atoms with E-state index in [4.69, 9.17) is 5.73 Å². The van der Waals surface area contributed by atoms with Crippen LogP contribution in [0.1, 0.15) is 24.5 Å². The number of anilines is 2. The van der Waals surface area contributed by atoms with E-state index in [2.05, 4.69) is 22.9 Å². The molecule has 0 spiro atoms. The number of nitrogens with two attached hydrogens (primary N) is 1. The van der Waals surface area contributed by atoms with Gasteiger partial charge in [-0.05, 0) is 36.2 Å². The van der Waals surface area contributed by atoms with Gasteiger partial charge in [-0.1, -0.05) is 19.1 Å². The molecule has 102 valence electrons. The largest absolute Gasteiger partial charge is 0.399 e. The van der Waals surface area contributed by atoms with E-state index < -0.39 is 0 Å². The number of rotatable bonds is 5. The lowest BCUT2D eigenvalue weighted by Gasteiger charge is -2.24. The van der Waals surface area contributed by atoms with Gasteiger partial charge < -0.3 is 10.6 Å². The zero-order chi connectivity index (χ0) is 14.4. The highest BCUT2D eigenvalue weighted by Crippen LogP contribution is 2.20. The third kappa shape index (κ3) is 3.27. The third-order valence-corrected chi connectivity index (χ3v) is 3.02. The first-order chi connectivity index (χ1) is 9.74. The molecule has 1 heterocycles. The summed E-state index contributed by atoms with van der Waals surface area (Å²) in [4.78, 5) is 6.48. The van der Waals surface area contributed by atoms with Gasteiger partial charge in [0.05, 0.1) is 5.56 Å². The van der Waals surface area contributed by atoms with Crippen LogP contribution >= 0.6 is 0 Å². The highest BCUT2D eigenvalue weighted by Gasteiger charge is 2.12. The second kappa shape index (κ2) is 6.58. The van der Waals surface area contributed by atoms with E-state index >= 15 is 0 Å². The summed E-state index contributed by atoms with van der Waals surface area (Å²) in [5, 5.41) is 9.21. The lowest BCUT2D eigenvalue weighted by molar-refractivity contribution is 0.753. The number of nitriles is 1. The Hall–Kier alpha value is -2.54.